The lowest BCUT2D eigenvalue weighted by molar-refractivity contribution is 0.585. The Labute approximate surface area is 221 Å². The Morgan fingerprint density at radius 2 is 1.21 bits per heavy atom. The fourth-order valence-electron chi connectivity index (χ4n) is 3.14. The number of aromatic amines is 2. The molecular formula is C23H17F3N10S2. The molecule has 38 heavy (non-hydrogen) atoms. The lowest BCUT2D eigenvalue weighted by Crippen LogP contribution is -1.94. The van der Waals surface area contributed by atoms with E-state index in [1.807, 2.05) is 25.1 Å². The highest BCUT2D eigenvalue weighted by molar-refractivity contribution is 7.14. The summed E-state index contributed by atoms with van der Waals surface area (Å²) in [7, 11) is 0. The summed E-state index contributed by atoms with van der Waals surface area (Å²) in [5.41, 5.74) is 2.54. The van der Waals surface area contributed by atoms with Gasteiger partial charge in [0.05, 0.1) is 12.4 Å². The fraction of sp³-hybridized carbons (Fsp3) is 0.0435. The van der Waals surface area contributed by atoms with Crippen LogP contribution in [0.15, 0.2) is 61.2 Å². The fourth-order valence-corrected chi connectivity index (χ4v) is 4.58. The van der Waals surface area contributed by atoms with E-state index >= 15 is 0 Å². The van der Waals surface area contributed by atoms with E-state index in [0.29, 0.717) is 27.2 Å². The number of aryl methyl sites for hydroxylation is 1. The van der Waals surface area contributed by atoms with E-state index in [2.05, 4.69) is 51.0 Å². The molecule has 0 bridgehead atoms. The first-order valence-corrected chi connectivity index (χ1v) is 12.5. The number of thiazole rings is 2. The van der Waals surface area contributed by atoms with Crippen molar-refractivity contribution in [2.75, 3.05) is 10.6 Å². The Kier molecular flexibility index (Phi) is 7.37. The van der Waals surface area contributed by atoms with Crippen LogP contribution in [0, 0.1) is 23.1 Å². The highest BCUT2D eigenvalue weighted by atomic mass is 32.1. The largest absolute Gasteiger partial charge is 0.316 e. The second kappa shape index (κ2) is 11.2. The van der Waals surface area contributed by atoms with Crippen molar-refractivity contribution in [3.8, 4) is 22.5 Å². The highest BCUT2D eigenvalue weighted by Crippen LogP contribution is 2.31. The molecule has 0 radical (unpaired) electrons. The number of nitrogens with zero attached hydrogens (tertiary/aromatic N) is 6. The number of hydrogen-bond donors (Lipinski definition) is 4. The zero-order chi connectivity index (χ0) is 26.5. The van der Waals surface area contributed by atoms with E-state index < -0.39 is 11.1 Å². The number of anilines is 4. The molecule has 4 N–H and O–H groups in total. The third-order valence-electron chi connectivity index (χ3n) is 4.79. The summed E-state index contributed by atoms with van der Waals surface area (Å²) in [6.07, 6.45) is 6.16. The van der Waals surface area contributed by atoms with Crippen molar-refractivity contribution < 1.29 is 13.2 Å². The van der Waals surface area contributed by atoms with E-state index in [-0.39, 0.29) is 22.3 Å². The average molecular weight is 555 g/mol. The first kappa shape index (κ1) is 25.0. The molecular weight excluding hydrogens is 537 g/mol. The van der Waals surface area contributed by atoms with Crippen LogP contribution >= 0.6 is 22.7 Å². The molecule has 6 rings (SSSR count). The minimum absolute atomic E-state index is 0.192. The van der Waals surface area contributed by atoms with Gasteiger partial charge < -0.3 is 10.6 Å². The lowest BCUT2D eigenvalue weighted by Gasteiger charge is -2.01. The summed E-state index contributed by atoms with van der Waals surface area (Å²) in [5, 5.41) is 18.5. The Balaban J connectivity index is 0.000000155. The van der Waals surface area contributed by atoms with Crippen molar-refractivity contribution in [3.63, 3.8) is 0 Å². The van der Waals surface area contributed by atoms with E-state index in [1.165, 1.54) is 24.5 Å². The third-order valence-corrected chi connectivity index (χ3v) is 6.31. The van der Waals surface area contributed by atoms with Crippen molar-refractivity contribution in [1.29, 1.82) is 0 Å². The highest BCUT2D eigenvalue weighted by Gasteiger charge is 2.15. The summed E-state index contributed by atoms with van der Waals surface area (Å²) in [5.74, 6) is 0.303. The zero-order valence-electron chi connectivity index (χ0n) is 19.4. The number of aromatic nitrogens is 8. The topological polar surface area (TPSA) is 133 Å². The third kappa shape index (κ3) is 6.01. The van der Waals surface area contributed by atoms with Crippen LogP contribution in [0.2, 0.25) is 0 Å². The molecule has 0 aliphatic heterocycles. The molecule has 0 aromatic carbocycles. The molecule has 6 aromatic rings. The van der Waals surface area contributed by atoms with E-state index in [9.17, 15) is 13.2 Å². The van der Waals surface area contributed by atoms with Crippen molar-refractivity contribution >= 4 is 44.6 Å². The van der Waals surface area contributed by atoms with Crippen LogP contribution < -0.4 is 10.6 Å². The first-order valence-electron chi connectivity index (χ1n) is 10.9. The zero-order valence-corrected chi connectivity index (χ0v) is 21.0. The summed E-state index contributed by atoms with van der Waals surface area (Å²) >= 11 is 1.76. The molecule has 0 spiro atoms. The summed E-state index contributed by atoms with van der Waals surface area (Å²) in [6.45, 7) is 1.89. The van der Waals surface area contributed by atoms with Gasteiger partial charge in [-0.1, -0.05) is 34.8 Å². The molecule has 0 saturated carbocycles. The quantitative estimate of drug-likeness (QED) is 0.182. The van der Waals surface area contributed by atoms with Gasteiger partial charge in [-0.15, -0.1) is 0 Å². The van der Waals surface area contributed by atoms with Gasteiger partial charge in [-0.2, -0.15) is 23.4 Å². The van der Waals surface area contributed by atoms with Gasteiger partial charge in [0.2, 0.25) is 16.2 Å². The maximum Gasteiger partial charge on any atom is 0.214 e. The lowest BCUT2D eigenvalue weighted by atomic mass is 10.3. The molecule has 0 unspecified atom stereocenters. The number of pyridine rings is 2. The number of halogens is 3. The van der Waals surface area contributed by atoms with Gasteiger partial charge in [0.1, 0.15) is 23.0 Å². The predicted octanol–water partition coefficient (Wildman–Crippen LogP) is 6.07. The van der Waals surface area contributed by atoms with Gasteiger partial charge in [-0.25, -0.2) is 19.9 Å². The van der Waals surface area contributed by atoms with E-state index in [4.69, 9.17) is 0 Å². The van der Waals surface area contributed by atoms with Gasteiger partial charge in [0, 0.05) is 29.2 Å². The second-order valence-corrected chi connectivity index (χ2v) is 9.41. The molecule has 15 heteroatoms. The average Bonchev–Trinajstić information content (AvgIpc) is 3.68. The van der Waals surface area contributed by atoms with Crippen molar-refractivity contribution in [3.05, 3.63) is 83.1 Å². The Bertz CT molecular complexity index is 1510. The minimum Gasteiger partial charge on any atom is -0.316 e. The van der Waals surface area contributed by atoms with Crippen LogP contribution in [0.3, 0.4) is 0 Å². The smallest absolute Gasteiger partial charge is 0.214 e. The second-order valence-electron chi connectivity index (χ2n) is 7.52. The van der Waals surface area contributed by atoms with Gasteiger partial charge in [-0.05, 0) is 31.2 Å². The van der Waals surface area contributed by atoms with Crippen molar-refractivity contribution in [1.82, 2.24) is 40.3 Å². The SMILES string of the molecule is Cc1cccc(Nc2nc(-c3cn[nH]c3)c(F)s2)n1.Fc1cccc(Nc2nc(-c3cn[nH]c3)c(F)s2)n1. The molecule has 0 atom stereocenters. The predicted molar refractivity (Wildman–Crippen MR) is 139 cm³/mol. The molecule has 10 nitrogen and oxygen atoms in total. The number of rotatable bonds is 6. The van der Waals surface area contributed by atoms with Crippen molar-refractivity contribution in [2.24, 2.45) is 0 Å². The molecule has 0 aliphatic rings. The van der Waals surface area contributed by atoms with Crippen LogP contribution in [0.5, 0.6) is 0 Å². The van der Waals surface area contributed by atoms with Crippen LogP contribution in [-0.4, -0.2) is 40.3 Å². The first-order chi connectivity index (χ1) is 18.4. The molecule has 0 fully saturated rings. The Hall–Kier alpha value is -4.63. The Morgan fingerprint density at radius 3 is 1.68 bits per heavy atom. The summed E-state index contributed by atoms with van der Waals surface area (Å²) in [4.78, 5) is 16.2. The molecule has 0 aliphatic carbocycles. The summed E-state index contributed by atoms with van der Waals surface area (Å²) in [6, 6.07) is 9.88. The van der Waals surface area contributed by atoms with Crippen LogP contribution in [0.4, 0.5) is 35.1 Å². The van der Waals surface area contributed by atoms with Crippen LogP contribution in [0.25, 0.3) is 22.5 Å². The van der Waals surface area contributed by atoms with Gasteiger partial charge >= 0.3 is 0 Å². The molecule has 0 amide bonds. The number of H-pyrrole nitrogens is 2. The van der Waals surface area contributed by atoms with E-state index in [0.717, 1.165) is 28.4 Å². The Morgan fingerprint density at radius 1 is 0.684 bits per heavy atom. The summed E-state index contributed by atoms with van der Waals surface area (Å²) < 4.78 is 40.5. The van der Waals surface area contributed by atoms with Crippen LogP contribution in [-0.2, 0) is 0 Å². The molecule has 192 valence electrons. The molecule has 0 saturated heterocycles. The van der Waals surface area contributed by atoms with Gasteiger partial charge in [0.25, 0.3) is 0 Å². The number of nitrogens with one attached hydrogen (secondary N) is 4. The molecule has 6 heterocycles. The molecule has 6 aromatic heterocycles. The van der Waals surface area contributed by atoms with Gasteiger partial charge in [0.15, 0.2) is 10.3 Å². The maximum absolute atomic E-state index is 13.8. The van der Waals surface area contributed by atoms with Crippen LogP contribution in [0.1, 0.15) is 5.69 Å². The van der Waals surface area contributed by atoms with Crippen molar-refractivity contribution in [2.45, 2.75) is 6.92 Å². The standard InChI is InChI=1S/C12H10FN5S.C11H7F2N5S/c1-7-3-2-4-9(16-7)17-12-18-10(11(13)19-12)8-5-14-15-6-8;12-7-2-1-3-8(16-7)17-11-18-9(10(13)19-11)6-4-14-15-5-6/h2-6H,1H3,(H,14,15)(H,16,17,18);1-5H,(H,14,15)(H,16,17,18). The van der Waals surface area contributed by atoms with Gasteiger partial charge in [-0.3, -0.25) is 10.2 Å². The minimum atomic E-state index is -0.614. The number of hydrogen-bond acceptors (Lipinski definition) is 10. The monoisotopic (exact) mass is 554 g/mol. The normalized spacial score (nSPS) is 10.6. The van der Waals surface area contributed by atoms with E-state index in [1.54, 1.807) is 18.5 Å². The maximum atomic E-state index is 13.8.